The van der Waals surface area contributed by atoms with Gasteiger partial charge in [0.15, 0.2) is 5.96 Å². The zero-order chi connectivity index (χ0) is 19.6. The van der Waals surface area contributed by atoms with Gasteiger partial charge >= 0.3 is 0 Å². The summed E-state index contributed by atoms with van der Waals surface area (Å²) in [6, 6.07) is 10.7. The highest BCUT2D eigenvalue weighted by Crippen LogP contribution is 2.47. The molecule has 0 spiro atoms. The van der Waals surface area contributed by atoms with E-state index in [0.717, 1.165) is 31.2 Å². The first-order valence-electron chi connectivity index (χ1n) is 9.87. The Kier molecular flexibility index (Phi) is 5.07. The van der Waals surface area contributed by atoms with E-state index in [2.05, 4.69) is 45.7 Å². The lowest BCUT2D eigenvalue weighted by molar-refractivity contribution is -0.120. The van der Waals surface area contributed by atoms with Crippen LogP contribution in [0.1, 0.15) is 18.4 Å². The summed E-state index contributed by atoms with van der Waals surface area (Å²) in [5.41, 5.74) is 2.56. The van der Waals surface area contributed by atoms with Crippen molar-refractivity contribution >= 4 is 17.6 Å². The molecule has 2 heterocycles. The number of amides is 1. The van der Waals surface area contributed by atoms with E-state index in [-0.39, 0.29) is 5.91 Å². The Labute approximate surface area is 166 Å². The van der Waals surface area contributed by atoms with Crippen molar-refractivity contribution in [1.29, 1.82) is 0 Å². The van der Waals surface area contributed by atoms with Gasteiger partial charge in [-0.3, -0.25) is 14.5 Å². The number of aromatic nitrogens is 2. The summed E-state index contributed by atoms with van der Waals surface area (Å²) >= 11 is 0. The van der Waals surface area contributed by atoms with Crippen molar-refractivity contribution in [3.05, 3.63) is 48.3 Å². The van der Waals surface area contributed by atoms with Crippen LogP contribution in [0, 0.1) is 5.41 Å². The molecule has 0 atom stereocenters. The molecule has 28 heavy (non-hydrogen) atoms. The molecule has 0 radical (unpaired) electrons. The van der Waals surface area contributed by atoms with Gasteiger partial charge in [-0.15, -0.1) is 0 Å². The summed E-state index contributed by atoms with van der Waals surface area (Å²) in [6.07, 6.45) is 7.17. The molecule has 148 valence electrons. The number of carbonyl (C=O) groups is 1. The maximum Gasteiger partial charge on any atom is 0.246 e. The van der Waals surface area contributed by atoms with Gasteiger partial charge in [-0.1, -0.05) is 30.3 Å². The maximum absolute atomic E-state index is 12.7. The molecule has 1 N–H and O–H groups in total. The maximum atomic E-state index is 12.7. The van der Waals surface area contributed by atoms with Gasteiger partial charge in [-0.05, 0) is 30.2 Å². The average molecular weight is 380 g/mol. The van der Waals surface area contributed by atoms with E-state index < -0.39 is 0 Å². The molecule has 1 aromatic carbocycles. The van der Waals surface area contributed by atoms with Gasteiger partial charge in [0.1, 0.15) is 6.54 Å². The van der Waals surface area contributed by atoms with Crippen LogP contribution in [0.3, 0.4) is 0 Å². The fourth-order valence-electron chi connectivity index (χ4n) is 3.90. The van der Waals surface area contributed by atoms with Crippen LogP contribution < -0.4 is 10.2 Å². The molecule has 7 heteroatoms. The molecule has 1 saturated heterocycles. The minimum Gasteiger partial charge on any atom is -0.356 e. The quantitative estimate of drug-likeness (QED) is 0.633. The molecule has 1 aromatic heterocycles. The number of guanidine groups is 1. The summed E-state index contributed by atoms with van der Waals surface area (Å²) < 4.78 is 1.72. The molecule has 1 amide bonds. The summed E-state index contributed by atoms with van der Waals surface area (Å²) in [5.74, 6) is 0.895. The molecule has 7 nitrogen and oxygen atoms in total. The van der Waals surface area contributed by atoms with Crippen molar-refractivity contribution in [1.82, 2.24) is 20.0 Å². The number of anilines is 1. The zero-order valence-electron chi connectivity index (χ0n) is 16.6. The molecule has 2 aromatic rings. The van der Waals surface area contributed by atoms with E-state index in [1.54, 1.807) is 22.8 Å². The number of aryl methyl sites for hydroxylation is 1. The summed E-state index contributed by atoms with van der Waals surface area (Å²) in [4.78, 5) is 20.9. The summed E-state index contributed by atoms with van der Waals surface area (Å²) in [6.45, 7) is 2.62. The third-order valence-corrected chi connectivity index (χ3v) is 5.74. The Morgan fingerprint density at radius 1 is 1.25 bits per heavy atom. The highest BCUT2D eigenvalue weighted by Gasteiger charge is 2.42. The minimum absolute atomic E-state index is 0.0765. The van der Waals surface area contributed by atoms with Crippen molar-refractivity contribution in [3.8, 4) is 0 Å². The molecule has 1 saturated carbocycles. The van der Waals surface area contributed by atoms with Gasteiger partial charge < -0.3 is 15.1 Å². The standard InChI is InChI=1S/C21H28N6O/c1-22-20(23-16-21(8-9-21)12-17-6-4-3-5-7-17)26-10-11-27(19(28)15-26)18-13-24-25(2)14-18/h3-7,13-14H,8-12,15-16H2,1-2H3,(H,22,23). The van der Waals surface area contributed by atoms with Crippen LogP contribution in [0.25, 0.3) is 0 Å². The van der Waals surface area contributed by atoms with Crippen molar-refractivity contribution in [3.63, 3.8) is 0 Å². The number of rotatable bonds is 5. The van der Waals surface area contributed by atoms with Crippen LogP contribution >= 0.6 is 0 Å². The van der Waals surface area contributed by atoms with Crippen LogP contribution in [0.2, 0.25) is 0 Å². The lowest BCUT2D eigenvalue weighted by Crippen LogP contribution is -2.56. The first-order valence-corrected chi connectivity index (χ1v) is 9.87. The Hall–Kier alpha value is -2.83. The summed E-state index contributed by atoms with van der Waals surface area (Å²) in [7, 11) is 3.65. The number of carbonyl (C=O) groups excluding carboxylic acids is 1. The lowest BCUT2D eigenvalue weighted by Gasteiger charge is -2.35. The fraction of sp³-hybridized carbons (Fsp3) is 0.476. The van der Waals surface area contributed by atoms with Gasteiger partial charge in [-0.25, -0.2) is 0 Å². The van der Waals surface area contributed by atoms with Crippen LogP contribution in [-0.2, 0) is 18.3 Å². The van der Waals surface area contributed by atoms with Crippen molar-refractivity contribution < 1.29 is 4.79 Å². The van der Waals surface area contributed by atoms with Crippen molar-refractivity contribution in [2.24, 2.45) is 17.5 Å². The van der Waals surface area contributed by atoms with Crippen molar-refractivity contribution in [2.45, 2.75) is 19.3 Å². The second-order valence-corrected chi connectivity index (χ2v) is 7.90. The second kappa shape index (κ2) is 7.66. The average Bonchev–Trinajstić information content (AvgIpc) is 3.32. The lowest BCUT2D eigenvalue weighted by atomic mass is 9.96. The number of nitrogens with one attached hydrogen (secondary N) is 1. The molecular formula is C21H28N6O. The fourth-order valence-corrected chi connectivity index (χ4v) is 3.90. The van der Waals surface area contributed by atoms with Crippen LogP contribution in [0.4, 0.5) is 5.69 Å². The smallest absolute Gasteiger partial charge is 0.246 e. The molecule has 4 rings (SSSR count). The van der Waals surface area contributed by atoms with E-state index in [0.29, 0.717) is 18.5 Å². The van der Waals surface area contributed by atoms with Crippen LogP contribution in [-0.4, -0.2) is 59.8 Å². The Morgan fingerprint density at radius 3 is 2.64 bits per heavy atom. The van der Waals surface area contributed by atoms with E-state index in [9.17, 15) is 4.79 Å². The number of nitrogens with zero attached hydrogens (tertiary/aromatic N) is 5. The van der Waals surface area contributed by atoms with Gasteiger partial charge in [-0.2, -0.15) is 5.10 Å². The van der Waals surface area contributed by atoms with Crippen molar-refractivity contribution in [2.75, 3.05) is 38.1 Å². The molecule has 0 bridgehead atoms. The predicted octanol–water partition coefficient (Wildman–Crippen LogP) is 1.67. The first-order chi connectivity index (χ1) is 13.6. The SMILES string of the molecule is CN=C(NCC1(Cc2ccccc2)CC1)N1CCN(c2cnn(C)c2)C(=O)C1. The summed E-state index contributed by atoms with van der Waals surface area (Å²) in [5, 5.41) is 7.70. The topological polar surface area (TPSA) is 65.8 Å². The first kappa shape index (κ1) is 18.5. The van der Waals surface area contributed by atoms with Crippen LogP contribution in [0.15, 0.2) is 47.7 Å². The van der Waals surface area contributed by atoms with E-state index in [4.69, 9.17) is 0 Å². The molecule has 1 aliphatic carbocycles. The number of hydrogen-bond donors (Lipinski definition) is 1. The molecule has 2 aliphatic rings. The number of hydrogen-bond acceptors (Lipinski definition) is 3. The van der Waals surface area contributed by atoms with E-state index >= 15 is 0 Å². The predicted molar refractivity (Wildman–Crippen MR) is 110 cm³/mol. The highest BCUT2D eigenvalue weighted by molar-refractivity contribution is 5.98. The highest BCUT2D eigenvalue weighted by atomic mass is 16.2. The van der Waals surface area contributed by atoms with Crippen LogP contribution in [0.5, 0.6) is 0 Å². The normalized spacial score (nSPS) is 19.1. The largest absolute Gasteiger partial charge is 0.356 e. The van der Waals surface area contributed by atoms with Gasteiger partial charge in [0.25, 0.3) is 0 Å². The molecule has 2 fully saturated rings. The molecule has 1 aliphatic heterocycles. The monoisotopic (exact) mass is 380 g/mol. The van der Waals surface area contributed by atoms with E-state index in [1.807, 2.05) is 18.1 Å². The molecule has 0 unspecified atom stereocenters. The second-order valence-electron chi connectivity index (χ2n) is 7.90. The Bertz CT molecular complexity index is 855. The Balaban J connectivity index is 1.33. The number of piperazine rings is 1. The molecular weight excluding hydrogens is 352 g/mol. The third kappa shape index (κ3) is 4.03. The number of aliphatic imine (C=N–C) groups is 1. The number of benzene rings is 1. The van der Waals surface area contributed by atoms with Gasteiger partial charge in [0.05, 0.1) is 11.9 Å². The zero-order valence-corrected chi connectivity index (χ0v) is 16.6. The Morgan fingerprint density at radius 2 is 2.04 bits per heavy atom. The van der Waals surface area contributed by atoms with Gasteiger partial charge in [0.2, 0.25) is 5.91 Å². The minimum atomic E-state index is 0.0765. The van der Waals surface area contributed by atoms with Gasteiger partial charge in [0, 0.05) is 39.9 Å². The van der Waals surface area contributed by atoms with E-state index in [1.165, 1.54) is 18.4 Å². The third-order valence-electron chi connectivity index (χ3n) is 5.74.